The van der Waals surface area contributed by atoms with Gasteiger partial charge < -0.3 is 40.1 Å². The molecule has 0 aromatic heterocycles. The minimum atomic E-state index is -1.62. The highest BCUT2D eigenvalue weighted by molar-refractivity contribution is 6.01. The number of aliphatic hydroxyl groups excluding tert-OH is 3. The molecule has 9 heteroatoms. The molecular formula is C21H24O9. The summed E-state index contributed by atoms with van der Waals surface area (Å²) in [5.41, 5.74) is 0.578. The highest BCUT2D eigenvalue weighted by Crippen LogP contribution is 2.36. The Morgan fingerprint density at radius 2 is 1.63 bits per heavy atom. The number of aromatic hydroxyl groups is 3. The average Bonchev–Trinajstić information content (AvgIpc) is 2.69. The largest absolute Gasteiger partial charge is 0.508 e. The fourth-order valence-electron chi connectivity index (χ4n) is 3.24. The monoisotopic (exact) mass is 420 g/mol. The lowest BCUT2D eigenvalue weighted by Gasteiger charge is -2.39. The smallest absolute Gasteiger partial charge is 0.229 e. The Hall–Kier alpha value is -2.85. The fourth-order valence-corrected chi connectivity index (χ4v) is 3.24. The van der Waals surface area contributed by atoms with Crippen molar-refractivity contribution in [1.82, 2.24) is 0 Å². The Morgan fingerprint density at radius 3 is 2.30 bits per heavy atom. The molecule has 0 amide bonds. The normalized spacial score (nSPS) is 26.3. The minimum Gasteiger partial charge on any atom is -0.508 e. The van der Waals surface area contributed by atoms with Crippen LogP contribution in [0.1, 0.15) is 29.3 Å². The first kappa shape index (κ1) is 21.8. The molecule has 5 atom stereocenters. The van der Waals surface area contributed by atoms with Crippen LogP contribution in [0.3, 0.4) is 0 Å². The van der Waals surface area contributed by atoms with Crippen molar-refractivity contribution in [3.05, 3.63) is 47.5 Å². The minimum absolute atomic E-state index is 0.00864. The van der Waals surface area contributed by atoms with Gasteiger partial charge in [0.15, 0.2) is 5.78 Å². The number of ketones is 1. The maximum atomic E-state index is 12.8. The van der Waals surface area contributed by atoms with Crippen LogP contribution in [0.2, 0.25) is 0 Å². The topological polar surface area (TPSA) is 157 Å². The van der Waals surface area contributed by atoms with Gasteiger partial charge in [0.2, 0.25) is 6.29 Å². The lowest BCUT2D eigenvalue weighted by molar-refractivity contribution is -0.268. The molecule has 30 heavy (non-hydrogen) atoms. The molecule has 1 fully saturated rings. The number of rotatable bonds is 6. The first-order chi connectivity index (χ1) is 14.2. The van der Waals surface area contributed by atoms with E-state index in [1.54, 1.807) is 12.1 Å². The first-order valence-corrected chi connectivity index (χ1v) is 9.40. The van der Waals surface area contributed by atoms with E-state index >= 15 is 0 Å². The molecule has 0 radical (unpaired) electrons. The Labute approximate surface area is 172 Å². The van der Waals surface area contributed by atoms with E-state index in [4.69, 9.17) is 9.47 Å². The Bertz CT molecular complexity index is 896. The van der Waals surface area contributed by atoms with Gasteiger partial charge in [-0.05, 0) is 31.0 Å². The number of hydrogen-bond acceptors (Lipinski definition) is 9. The fraction of sp³-hybridized carbons (Fsp3) is 0.381. The molecule has 2 aromatic rings. The number of Topliss-reactive ketones (excluding diaryl/α,β-unsaturated/α-hetero) is 1. The summed E-state index contributed by atoms with van der Waals surface area (Å²) in [6.07, 6.45) is -6.49. The van der Waals surface area contributed by atoms with E-state index in [0.717, 1.165) is 17.7 Å². The van der Waals surface area contributed by atoms with Crippen LogP contribution < -0.4 is 4.74 Å². The first-order valence-electron chi connectivity index (χ1n) is 9.40. The van der Waals surface area contributed by atoms with Gasteiger partial charge in [-0.15, -0.1) is 0 Å². The molecule has 1 aliphatic heterocycles. The molecule has 1 saturated heterocycles. The molecule has 0 unspecified atom stereocenters. The maximum Gasteiger partial charge on any atom is 0.229 e. The third-order valence-electron chi connectivity index (χ3n) is 4.97. The van der Waals surface area contributed by atoms with E-state index in [0.29, 0.717) is 6.42 Å². The second-order valence-corrected chi connectivity index (χ2v) is 7.23. The van der Waals surface area contributed by atoms with Crippen molar-refractivity contribution in [2.75, 3.05) is 0 Å². The third-order valence-corrected chi connectivity index (χ3v) is 4.97. The van der Waals surface area contributed by atoms with E-state index in [2.05, 4.69) is 0 Å². The maximum absolute atomic E-state index is 12.8. The zero-order chi connectivity index (χ0) is 22.0. The third kappa shape index (κ3) is 4.65. The summed E-state index contributed by atoms with van der Waals surface area (Å²) in [5.74, 6) is -1.52. The SMILES string of the molecule is C[C@@H]1O[C@H](Oc2cc(O)cc(O)c2C(=O)CCc2ccc(O)cc2)[C@@H](O)[C@H](O)[C@H]1O. The Balaban J connectivity index is 1.81. The molecule has 0 saturated carbocycles. The van der Waals surface area contributed by atoms with Gasteiger partial charge in [-0.3, -0.25) is 4.79 Å². The van der Waals surface area contributed by atoms with Crippen LogP contribution in [-0.4, -0.2) is 67.1 Å². The van der Waals surface area contributed by atoms with Gasteiger partial charge in [0.05, 0.1) is 6.10 Å². The number of carbonyl (C=O) groups excluding carboxylic acids is 1. The van der Waals surface area contributed by atoms with Crippen molar-refractivity contribution in [3.63, 3.8) is 0 Å². The number of benzene rings is 2. The van der Waals surface area contributed by atoms with Crippen molar-refractivity contribution >= 4 is 5.78 Å². The zero-order valence-corrected chi connectivity index (χ0v) is 16.2. The number of phenols is 3. The van der Waals surface area contributed by atoms with Crippen molar-refractivity contribution in [3.8, 4) is 23.0 Å². The second-order valence-electron chi connectivity index (χ2n) is 7.23. The number of aliphatic hydroxyl groups is 3. The zero-order valence-electron chi connectivity index (χ0n) is 16.2. The summed E-state index contributed by atoms with van der Waals surface area (Å²) in [7, 11) is 0. The summed E-state index contributed by atoms with van der Waals surface area (Å²) in [5, 5.41) is 59.2. The van der Waals surface area contributed by atoms with Crippen LogP contribution in [0.4, 0.5) is 0 Å². The summed E-state index contributed by atoms with van der Waals surface area (Å²) in [6, 6.07) is 8.39. The lowest BCUT2D eigenvalue weighted by Crippen LogP contribution is -2.58. The molecule has 0 bridgehead atoms. The highest BCUT2D eigenvalue weighted by atomic mass is 16.7. The van der Waals surface area contributed by atoms with E-state index in [9.17, 15) is 35.4 Å². The molecule has 0 spiro atoms. The Morgan fingerprint density at radius 1 is 0.967 bits per heavy atom. The average molecular weight is 420 g/mol. The molecule has 2 aromatic carbocycles. The van der Waals surface area contributed by atoms with Crippen LogP contribution in [0, 0.1) is 0 Å². The van der Waals surface area contributed by atoms with Crippen molar-refractivity contribution in [2.45, 2.75) is 50.5 Å². The van der Waals surface area contributed by atoms with Crippen LogP contribution in [0.15, 0.2) is 36.4 Å². The Kier molecular flexibility index (Phi) is 6.47. The van der Waals surface area contributed by atoms with Crippen LogP contribution in [-0.2, 0) is 11.2 Å². The molecule has 9 nitrogen and oxygen atoms in total. The molecule has 0 aliphatic carbocycles. The number of phenolic OH excluding ortho intramolecular Hbond substituents is 3. The number of ether oxygens (including phenoxy) is 2. The highest BCUT2D eigenvalue weighted by Gasteiger charge is 2.43. The van der Waals surface area contributed by atoms with Gasteiger partial charge in [0.25, 0.3) is 0 Å². The quantitative estimate of drug-likeness (QED) is 0.372. The van der Waals surface area contributed by atoms with Gasteiger partial charge in [-0.1, -0.05) is 12.1 Å². The summed E-state index contributed by atoms with van der Waals surface area (Å²) < 4.78 is 10.9. The van der Waals surface area contributed by atoms with Crippen LogP contribution in [0.5, 0.6) is 23.0 Å². The van der Waals surface area contributed by atoms with Gasteiger partial charge >= 0.3 is 0 Å². The van der Waals surface area contributed by atoms with Crippen molar-refractivity contribution < 1.29 is 44.9 Å². The van der Waals surface area contributed by atoms with Gasteiger partial charge in [-0.25, -0.2) is 0 Å². The summed E-state index contributed by atoms with van der Waals surface area (Å²) in [4.78, 5) is 12.8. The summed E-state index contributed by atoms with van der Waals surface area (Å²) in [6.45, 7) is 1.47. The summed E-state index contributed by atoms with van der Waals surface area (Å²) >= 11 is 0. The van der Waals surface area contributed by atoms with E-state index in [1.165, 1.54) is 19.1 Å². The lowest BCUT2D eigenvalue weighted by atomic mass is 9.99. The van der Waals surface area contributed by atoms with Crippen LogP contribution >= 0.6 is 0 Å². The predicted molar refractivity (Wildman–Crippen MR) is 104 cm³/mol. The standard InChI is InChI=1S/C21H24O9/c1-10-18(26)19(27)20(28)21(29-10)30-16-9-13(23)8-15(25)17(16)14(24)7-4-11-2-5-12(22)6-3-11/h2-3,5-6,8-10,18-23,25-28H,4,7H2,1H3/t10-,18-,19+,20-,21+/m0/s1. The molecule has 3 rings (SSSR count). The van der Waals surface area contributed by atoms with Crippen LogP contribution in [0.25, 0.3) is 0 Å². The van der Waals surface area contributed by atoms with Crippen molar-refractivity contribution in [2.24, 2.45) is 0 Å². The number of hydrogen-bond donors (Lipinski definition) is 6. The van der Waals surface area contributed by atoms with Gasteiger partial charge in [0.1, 0.15) is 46.9 Å². The van der Waals surface area contributed by atoms with E-state index < -0.39 is 42.2 Å². The van der Waals surface area contributed by atoms with E-state index in [-0.39, 0.29) is 29.2 Å². The molecule has 6 N–H and O–H groups in total. The van der Waals surface area contributed by atoms with Crippen molar-refractivity contribution in [1.29, 1.82) is 0 Å². The van der Waals surface area contributed by atoms with Gasteiger partial charge in [-0.2, -0.15) is 0 Å². The molecule has 1 aliphatic rings. The molecule has 162 valence electrons. The van der Waals surface area contributed by atoms with E-state index in [1.807, 2.05) is 0 Å². The predicted octanol–water partition coefficient (Wildman–Crippen LogP) is 0.825. The van der Waals surface area contributed by atoms with Gasteiger partial charge in [0, 0.05) is 18.6 Å². The molecular weight excluding hydrogens is 396 g/mol. The second kappa shape index (κ2) is 8.88. The molecule has 1 heterocycles. The number of carbonyl (C=O) groups is 1. The number of aryl methyl sites for hydroxylation is 1.